The van der Waals surface area contributed by atoms with Gasteiger partial charge in [0.25, 0.3) is 0 Å². The summed E-state index contributed by atoms with van der Waals surface area (Å²) in [5, 5.41) is 2.89. The van der Waals surface area contributed by atoms with Gasteiger partial charge in [-0.3, -0.25) is 4.90 Å². The van der Waals surface area contributed by atoms with Crippen LogP contribution in [0.2, 0.25) is 0 Å². The molecule has 1 saturated carbocycles. The second kappa shape index (κ2) is 2.86. The van der Waals surface area contributed by atoms with Crippen molar-refractivity contribution in [2.24, 2.45) is 0 Å². The van der Waals surface area contributed by atoms with Crippen LogP contribution in [0.25, 0.3) is 5.70 Å². The van der Waals surface area contributed by atoms with E-state index in [0.717, 1.165) is 29.8 Å². The van der Waals surface area contributed by atoms with Crippen molar-refractivity contribution < 1.29 is 4.79 Å². The van der Waals surface area contributed by atoms with Crippen LogP contribution in [0.3, 0.4) is 0 Å². The summed E-state index contributed by atoms with van der Waals surface area (Å²) in [4.78, 5) is 13.6. The number of amides is 2. The lowest BCUT2D eigenvalue weighted by Gasteiger charge is -2.31. The molecule has 1 aliphatic heterocycles. The molecule has 1 aromatic rings. The zero-order valence-electron chi connectivity index (χ0n) is 8.36. The first-order valence-electron chi connectivity index (χ1n) is 5.16. The Morgan fingerprint density at radius 2 is 2.07 bits per heavy atom. The summed E-state index contributed by atoms with van der Waals surface area (Å²) in [6.07, 6.45) is 2.18. The van der Waals surface area contributed by atoms with Crippen LogP contribution in [0, 0.1) is 0 Å². The monoisotopic (exact) mass is 200 g/mol. The molecule has 76 valence electrons. The number of anilines is 1. The lowest BCUT2D eigenvalue weighted by molar-refractivity contribution is 0.229. The van der Waals surface area contributed by atoms with Gasteiger partial charge < -0.3 is 5.32 Å². The Kier molecular flexibility index (Phi) is 1.63. The summed E-state index contributed by atoms with van der Waals surface area (Å²) >= 11 is 0. The third-order valence-electron chi connectivity index (χ3n) is 2.90. The summed E-state index contributed by atoms with van der Waals surface area (Å²) in [5.74, 6) is 0. The molecule has 1 aliphatic carbocycles. The number of carbonyl (C=O) groups excluding carboxylic acids is 1. The molecule has 2 aliphatic rings. The van der Waals surface area contributed by atoms with Crippen LogP contribution in [-0.4, -0.2) is 17.0 Å². The molecule has 15 heavy (non-hydrogen) atoms. The molecule has 0 saturated heterocycles. The number of para-hydroxylation sites is 1. The van der Waals surface area contributed by atoms with E-state index in [0.29, 0.717) is 6.04 Å². The van der Waals surface area contributed by atoms with E-state index in [2.05, 4.69) is 11.9 Å². The van der Waals surface area contributed by atoms with E-state index < -0.39 is 0 Å². The second-order valence-electron chi connectivity index (χ2n) is 4.02. The fourth-order valence-corrected chi connectivity index (χ4v) is 1.99. The summed E-state index contributed by atoms with van der Waals surface area (Å²) < 4.78 is 0. The lowest BCUT2D eigenvalue weighted by Crippen LogP contribution is -2.38. The van der Waals surface area contributed by atoms with Crippen LogP contribution in [0.15, 0.2) is 30.8 Å². The highest BCUT2D eigenvalue weighted by Gasteiger charge is 2.37. The summed E-state index contributed by atoms with van der Waals surface area (Å²) in [7, 11) is 0. The van der Waals surface area contributed by atoms with Crippen LogP contribution >= 0.6 is 0 Å². The Balaban J connectivity index is 2.06. The average Bonchev–Trinajstić information content (AvgIpc) is 3.02. The van der Waals surface area contributed by atoms with Crippen LogP contribution in [-0.2, 0) is 0 Å². The minimum Gasteiger partial charge on any atom is -0.307 e. The number of hydrogen-bond acceptors (Lipinski definition) is 1. The molecule has 1 N–H and O–H groups in total. The molecule has 2 amide bonds. The fourth-order valence-electron chi connectivity index (χ4n) is 1.99. The molecule has 1 fully saturated rings. The predicted molar refractivity (Wildman–Crippen MR) is 59.4 cm³/mol. The van der Waals surface area contributed by atoms with Crippen molar-refractivity contribution >= 4 is 17.4 Å². The maximum atomic E-state index is 11.8. The van der Waals surface area contributed by atoms with Gasteiger partial charge in [-0.1, -0.05) is 24.8 Å². The molecule has 0 spiro atoms. The van der Waals surface area contributed by atoms with Gasteiger partial charge >= 0.3 is 6.03 Å². The van der Waals surface area contributed by atoms with Gasteiger partial charge in [-0.15, -0.1) is 0 Å². The Labute approximate surface area is 88.4 Å². The molecule has 0 aromatic heterocycles. The fraction of sp³-hybridized carbons (Fsp3) is 0.250. The van der Waals surface area contributed by atoms with Gasteiger partial charge in [-0.2, -0.15) is 0 Å². The normalized spacial score (nSPS) is 19.9. The van der Waals surface area contributed by atoms with E-state index in [9.17, 15) is 4.79 Å². The highest BCUT2D eigenvalue weighted by atomic mass is 16.2. The number of nitrogens with zero attached hydrogens (tertiary/aromatic N) is 1. The molecule has 0 unspecified atom stereocenters. The number of rotatable bonds is 1. The van der Waals surface area contributed by atoms with Gasteiger partial charge in [-0.25, -0.2) is 4.79 Å². The van der Waals surface area contributed by atoms with Crippen molar-refractivity contribution in [2.75, 3.05) is 5.32 Å². The lowest BCUT2D eigenvalue weighted by atomic mass is 10.1. The minimum absolute atomic E-state index is 0.0406. The van der Waals surface area contributed by atoms with Crippen LogP contribution in [0.5, 0.6) is 0 Å². The van der Waals surface area contributed by atoms with E-state index in [1.165, 1.54) is 0 Å². The van der Waals surface area contributed by atoms with Crippen LogP contribution in [0.4, 0.5) is 10.5 Å². The first-order chi connectivity index (χ1) is 7.27. The first kappa shape index (κ1) is 8.53. The van der Waals surface area contributed by atoms with Gasteiger partial charge in [0.1, 0.15) is 0 Å². The molecular formula is C12H12N2O. The number of nitrogens with one attached hydrogen (secondary N) is 1. The standard InChI is InChI=1S/C12H12N2O/c1-8-10-4-2-3-5-11(10)13-12(15)14(8)9-6-7-9/h2-5,9H,1,6-7H2,(H,13,15). The van der Waals surface area contributed by atoms with Crippen LogP contribution in [0.1, 0.15) is 18.4 Å². The molecule has 1 aromatic carbocycles. The van der Waals surface area contributed by atoms with E-state index in [1.54, 1.807) is 4.90 Å². The first-order valence-corrected chi connectivity index (χ1v) is 5.16. The third-order valence-corrected chi connectivity index (χ3v) is 2.90. The van der Waals surface area contributed by atoms with Crippen molar-refractivity contribution in [3.8, 4) is 0 Å². The van der Waals surface area contributed by atoms with Crippen molar-refractivity contribution in [1.82, 2.24) is 4.90 Å². The number of hydrogen-bond donors (Lipinski definition) is 1. The molecule has 3 rings (SSSR count). The van der Waals surface area contributed by atoms with Gasteiger partial charge in [-0.05, 0) is 18.9 Å². The van der Waals surface area contributed by atoms with Crippen molar-refractivity contribution in [2.45, 2.75) is 18.9 Å². The smallest absolute Gasteiger partial charge is 0.307 e. The maximum Gasteiger partial charge on any atom is 0.326 e. The zero-order chi connectivity index (χ0) is 10.4. The highest BCUT2D eigenvalue weighted by molar-refractivity contribution is 6.02. The average molecular weight is 200 g/mol. The summed E-state index contributed by atoms with van der Waals surface area (Å²) in [5.41, 5.74) is 2.73. The topological polar surface area (TPSA) is 32.3 Å². The van der Waals surface area contributed by atoms with Gasteiger partial charge in [0.05, 0.1) is 5.69 Å². The zero-order valence-corrected chi connectivity index (χ0v) is 8.36. The van der Waals surface area contributed by atoms with E-state index in [1.807, 2.05) is 24.3 Å². The largest absolute Gasteiger partial charge is 0.326 e. The Morgan fingerprint density at radius 3 is 2.80 bits per heavy atom. The maximum absolute atomic E-state index is 11.8. The SMILES string of the molecule is C=C1c2ccccc2NC(=O)N1C1CC1. The molecule has 0 atom stereocenters. The van der Waals surface area contributed by atoms with E-state index in [-0.39, 0.29) is 6.03 Å². The molecule has 3 heteroatoms. The summed E-state index contributed by atoms with van der Waals surface area (Å²) in [6.45, 7) is 4.01. The van der Waals surface area contributed by atoms with E-state index >= 15 is 0 Å². The molecule has 1 heterocycles. The quantitative estimate of drug-likeness (QED) is 0.742. The van der Waals surface area contributed by atoms with Crippen LogP contribution < -0.4 is 5.32 Å². The Bertz CT molecular complexity index is 449. The Hall–Kier alpha value is -1.77. The van der Waals surface area contributed by atoms with Gasteiger partial charge in [0.15, 0.2) is 0 Å². The summed E-state index contributed by atoms with van der Waals surface area (Å²) in [6, 6.07) is 8.10. The number of fused-ring (bicyclic) bond motifs is 1. The second-order valence-corrected chi connectivity index (χ2v) is 4.02. The molecule has 0 bridgehead atoms. The predicted octanol–water partition coefficient (Wildman–Crippen LogP) is 2.67. The highest BCUT2D eigenvalue weighted by Crippen LogP contribution is 2.38. The third kappa shape index (κ3) is 1.23. The number of carbonyl (C=O) groups is 1. The molecular weight excluding hydrogens is 188 g/mol. The van der Waals surface area contributed by atoms with Crippen molar-refractivity contribution in [1.29, 1.82) is 0 Å². The van der Waals surface area contributed by atoms with Crippen molar-refractivity contribution in [3.63, 3.8) is 0 Å². The van der Waals surface area contributed by atoms with Crippen molar-refractivity contribution in [3.05, 3.63) is 36.4 Å². The Morgan fingerprint density at radius 1 is 1.33 bits per heavy atom. The number of urea groups is 1. The minimum atomic E-state index is -0.0406. The molecule has 3 nitrogen and oxygen atoms in total. The van der Waals surface area contributed by atoms with E-state index in [4.69, 9.17) is 0 Å². The molecule has 0 radical (unpaired) electrons. The number of benzene rings is 1. The van der Waals surface area contributed by atoms with Gasteiger partial charge in [0.2, 0.25) is 0 Å². The van der Waals surface area contributed by atoms with Gasteiger partial charge in [0, 0.05) is 17.3 Å².